The minimum atomic E-state index is -1.63. The van der Waals surface area contributed by atoms with E-state index in [0.717, 1.165) is 23.3 Å². The molecule has 5 rings (SSSR count). The molecule has 0 aromatic heterocycles. The van der Waals surface area contributed by atoms with Crippen LogP contribution in [-0.2, 0) is 53.0 Å². The molecule has 0 bridgehead atoms. The zero-order valence-corrected chi connectivity index (χ0v) is 34.7. The van der Waals surface area contributed by atoms with Crippen LogP contribution in [0.5, 0.6) is 0 Å². The predicted octanol–water partition coefficient (Wildman–Crippen LogP) is 5.37. The number of halogens is 2. The van der Waals surface area contributed by atoms with Crippen molar-refractivity contribution in [1.29, 1.82) is 0 Å². The van der Waals surface area contributed by atoms with Crippen molar-refractivity contribution in [3.63, 3.8) is 0 Å². The lowest BCUT2D eigenvalue weighted by atomic mass is 9.78. The standard InChI is InChI=1S/C47H51F2N3O10/c1-28(2)42(52-41(54)25-40(53)39(19-31-17-36(48)24-37(49)18-31)51-43(55)32-15-10-16-33(20-32)45(57)60-3)44(56)50-38-22-34(46(58)61-26-29-11-6-4-7-12-29)21-35(23-38)47(59)62-27-30-13-8-5-9-14-30/h4-18,20,24,28,34-35,38-40,42,53H,19,21-23,25-27H2,1-3H3,(H,50,56)(H,51,55)(H,52,54). The van der Waals surface area contributed by atoms with Crippen molar-refractivity contribution >= 4 is 35.6 Å². The summed E-state index contributed by atoms with van der Waals surface area (Å²) in [5, 5.41) is 19.5. The first-order valence-electron chi connectivity index (χ1n) is 20.3. The fraction of sp³-hybridized carbons (Fsp3) is 0.362. The number of benzene rings is 4. The van der Waals surface area contributed by atoms with Gasteiger partial charge in [0.05, 0.1) is 43.1 Å². The van der Waals surface area contributed by atoms with E-state index in [9.17, 15) is 42.7 Å². The molecule has 5 atom stereocenters. The molecule has 4 N–H and O–H groups in total. The number of rotatable bonds is 18. The normalized spacial score (nSPS) is 17.4. The summed E-state index contributed by atoms with van der Waals surface area (Å²) >= 11 is 0. The fourth-order valence-electron chi connectivity index (χ4n) is 7.33. The van der Waals surface area contributed by atoms with Gasteiger partial charge in [-0.3, -0.25) is 24.0 Å². The second-order valence-corrected chi connectivity index (χ2v) is 15.7. The molecule has 328 valence electrons. The van der Waals surface area contributed by atoms with E-state index in [-0.39, 0.29) is 55.6 Å². The Morgan fingerprint density at radius 2 is 1.24 bits per heavy atom. The Hall–Kier alpha value is -6.48. The van der Waals surface area contributed by atoms with E-state index in [1.165, 1.54) is 31.4 Å². The molecule has 4 aromatic rings. The van der Waals surface area contributed by atoms with Crippen molar-refractivity contribution in [2.24, 2.45) is 17.8 Å². The summed E-state index contributed by atoms with van der Waals surface area (Å²) in [6.45, 7) is 3.43. The van der Waals surface area contributed by atoms with Crippen LogP contribution in [-0.4, -0.2) is 72.1 Å². The Kier molecular flexibility index (Phi) is 16.8. The fourth-order valence-corrected chi connectivity index (χ4v) is 7.33. The summed E-state index contributed by atoms with van der Waals surface area (Å²) in [5.41, 5.74) is 1.72. The van der Waals surface area contributed by atoms with E-state index in [1.54, 1.807) is 13.8 Å². The molecular weight excluding hydrogens is 805 g/mol. The van der Waals surface area contributed by atoms with Gasteiger partial charge < -0.3 is 35.3 Å². The maximum atomic E-state index is 14.2. The van der Waals surface area contributed by atoms with Crippen molar-refractivity contribution in [3.05, 3.63) is 143 Å². The van der Waals surface area contributed by atoms with Gasteiger partial charge in [0.25, 0.3) is 5.91 Å². The Morgan fingerprint density at radius 3 is 1.77 bits per heavy atom. The summed E-state index contributed by atoms with van der Waals surface area (Å²) < 4.78 is 44.3. The first kappa shape index (κ1) is 46.6. The quantitative estimate of drug-likeness (QED) is 0.0749. The van der Waals surface area contributed by atoms with Gasteiger partial charge in [0.2, 0.25) is 11.8 Å². The molecule has 62 heavy (non-hydrogen) atoms. The summed E-state index contributed by atoms with van der Waals surface area (Å²) in [6.07, 6.45) is -2.12. The zero-order valence-electron chi connectivity index (χ0n) is 34.7. The molecule has 0 radical (unpaired) electrons. The van der Waals surface area contributed by atoms with Crippen LogP contribution in [0.25, 0.3) is 0 Å². The number of esters is 3. The molecular formula is C47H51F2N3O10. The number of ether oxygens (including phenoxy) is 3. The minimum absolute atomic E-state index is 0.0117. The second-order valence-electron chi connectivity index (χ2n) is 15.7. The van der Waals surface area contributed by atoms with Gasteiger partial charge in [-0.1, -0.05) is 80.6 Å². The van der Waals surface area contributed by atoms with E-state index in [0.29, 0.717) is 6.07 Å². The van der Waals surface area contributed by atoms with Crippen molar-refractivity contribution in [3.8, 4) is 0 Å². The smallest absolute Gasteiger partial charge is 0.337 e. The number of aliphatic hydroxyl groups excluding tert-OH is 1. The van der Waals surface area contributed by atoms with Gasteiger partial charge in [-0.25, -0.2) is 13.6 Å². The SMILES string of the molecule is COC(=O)c1cccc(C(=O)NC(Cc2cc(F)cc(F)c2)C(O)CC(=O)NC(C(=O)NC2CC(C(=O)OCc3ccccc3)CC(C(=O)OCc3ccccc3)C2)C(C)C)c1. The lowest BCUT2D eigenvalue weighted by Gasteiger charge is -2.34. The molecule has 0 saturated heterocycles. The molecule has 1 saturated carbocycles. The summed E-state index contributed by atoms with van der Waals surface area (Å²) in [4.78, 5) is 79.7. The third kappa shape index (κ3) is 13.8. The maximum absolute atomic E-state index is 14.2. The number of aliphatic hydroxyl groups is 1. The van der Waals surface area contributed by atoms with Gasteiger partial charge >= 0.3 is 17.9 Å². The van der Waals surface area contributed by atoms with Gasteiger partial charge in [0.1, 0.15) is 30.9 Å². The molecule has 4 aromatic carbocycles. The molecule has 0 spiro atoms. The lowest BCUT2D eigenvalue weighted by Crippen LogP contribution is -2.55. The average Bonchev–Trinajstić information content (AvgIpc) is 3.26. The largest absolute Gasteiger partial charge is 0.465 e. The Bertz CT molecular complexity index is 2110. The summed E-state index contributed by atoms with van der Waals surface area (Å²) in [5.74, 6) is -7.67. The first-order chi connectivity index (χ1) is 29.7. The van der Waals surface area contributed by atoms with Crippen molar-refractivity contribution in [2.75, 3.05) is 7.11 Å². The van der Waals surface area contributed by atoms with E-state index >= 15 is 0 Å². The van der Waals surface area contributed by atoms with Crippen LogP contribution in [0.3, 0.4) is 0 Å². The molecule has 1 aliphatic carbocycles. The zero-order chi connectivity index (χ0) is 44.8. The average molecular weight is 856 g/mol. The van der Waals surface area contributed by atoms with E-state index < -0.39 is 95.7 Å². The van der Waals surface area contributed by atoms with E-state index in [2.05, 4.69) is 16.0 Å². The van der Waals surface area contributed by atoms with Crippen molar-refractivity contribution in [1.82, 2.24) is 16.0 Å². The highest BCUT2D eigenvalue weighted by molar-refractivity contribution is 5.98. The van der Waals surface area contributed by atoms with Crippen molar-refractivity contribution in [2.45, 2.75) is 83.4 Å². The number of hydrogen-bond donors (Lipinski definition) is 4. The molecule has 1 aliphatic rings. The van der Waals surface area contributed by atoms with Crippen LogP contribution >= 0.6 is 0 Å². The summed E-state index contributed by atoms with van der Waals surface area (Å²) in [6, 6.07) is 23.4. The maximum Gasteiger partial charge on any atom is 0.337 e. The molecule has 5 unspecified atom stereocenters. The molecule has 15 heteroatoms. The van der Waals surface area contributed by atoms with Gasteiger partial charge in [-0.05, 0) is 78.6 Å². The highest BCUT2D eigenvalue weighted by Crippen LogP contribution is 2.32. The lowest BCUT2D eigenvalue weighted by molar-refractivity contribution is -0.157. The Balaban J connectivity index is 1.27. The number of amides is 3. The summed E-state index contributed by atoms with van der Waals surface area (Å²) in [7, 11) is 1.18. The van der Waals surface area contributed by atoms with Crippen LogP contribution in [0.4, 0.5) is 8.78 Å². The molecule has 13 nitrogen and oxygen atoms in total. The van der Waals surface area contributed by atoms with Crippen LogP contribution in [0.15, 0.2) is 103 Å². The number of methoxy groups -OCH3 is 1. The Labute approximate surface area is 358 Å². The van der Waals surface area contributed by atoms with Gasteiger partial charge in [-0.15, -0.1) is 0 Å². The third-order valence-electron chi connectivity index (χ3n) is 10.5. The Morgan fingerprint density at radius 1 is 0.694 bits per heavy atom. The highest BCUT2D eigenvalue weighted by atomic mass is 19.1. The van der Waals surface area contributed by atoms with Crippen LogP contribution in [0.2, 0.25) is 0 Å². The van der Waals surface area contributed by atoms with Gasteiger partial charge in [0, 0.05) is 17.7 Å². The van der Waals surface area contributed by atoms with E-state index in [1.807, 2.05) is 60.7 Å². The minimum Gasteiger partial charge on any atom is -0.465 e. The number of nitrogens with one attached hydrogen (secondary N) is 3. The second kappa shape index (κ2) is 22.4. The topological polar surface area (TPSA) is 186 Å². The predicted molar refractivity (Wildman–Crippen MR) is 222 cm³/mol. The number of carbonyl (C=O) groups excluding carboxylic acids is 6. The third-order valence-corrected chi connectivity index (χ3v) is 10.5. The molecule has 0 aliphatic heterocycles. The van der Waals surface area contributed by atoms with Gasteiger partial charge in [0.15, 0.2) is 0 Å². The number of carbonyl (C=O) groups is 6. The first-order valence-corrected chi connectivity index (χ1v) is 20.3. The van der Waals surface area contributed by atoms with Gasteiger partial charge in [-0.2, -0.15) is 0 Å². The highest BCUT2D eigenvalue weighted by Gasteiger charge is 2.40. The molecule has 3 amide bonds. The van der Waals surface area contributed by atoms with Crippen LogP contribution < -0.4 is 16.0 Å². The molecule has 1 fully saturated rings. The van der Waals surface area contributed by atoms with Crippen LogP contribution in [0.1, 0.15) is 76.9 Å². The number of hydrogen-bond acceptors (Lipinski definition) is 10. The monoisotopic (exact) mass is 855 g/mol. The van der Waals surface area contributed by atoms with Crippen molar-refractivity contribution < 1.29 is 56.9 Å². The van der Waals surface area contributed by atoms with Crippen LogP contribution in [0, 0.1) is 29.4 Å². The van der Waals surface area contributed by atoms with E-state index in [4.69, 9.17) is 14.2 Å². The molecule has 0 heterocycles.